The fourth-order valence-electron chi connectivity index (χ4n) is 4.35. The van der Waals surface area contributed by atoms with Crippen LogP contribution in [0.4, 0.5) is 5.69 Å². The predicted octanol–water partition coefficient (Wildman–Crippen LogP) is 6.79. The van der Waals surface area contributed by atoms with E-state index in [0.717, 1.165) is 36.3 Å². The number of allylic oxidation sites excluding steroid dienone is 1. The van der Waals surface area contributed by atoms with Crippen LogP contribution in [0, 0.1) is 5.41 Å². The van der Waals surface area contributed by atoms with Crippen molar-refractivity contribution in [3.05, 3.63) is 66.6 Å². The van der Waals surface area contributed by atoms with Gasteiger partial charge in [-0.25, -0.2) is 0 Å². The molecular weight excluding hydrogens is 380 g/mol. The maximum absolute atomic E-state index is 13.1. The number of pyridine rings is 1. The standard InChI is InChI=1S/C28H39N2O/c1-4-5-6-7-8-9-11-14-27(31)26-23-30(22-19-28(26,2)3)25-17-15-24(16-18-25)29-20-12-10-13-21-29/h10,12-13,15-18,20-21,23H,4-9,11,14,19,22H2,1-3H3/q+1. The molecule has 3 heteroatoms. The highest BCUT2D eigenvalue weighted by Crippen LogP contribution is 2.37. The molecule has 0 radical (unpaired) electrons. The Morgan fingerprint density at radius 1 is 0.935 bits per heavy atom. The number of aromatic nitrogens is 1. The first-order valence-corrected chi connectivity index (χ1v) is 12.1. The average Bonchev–Trinajstić information content (AvgIpc) is 2.79. The number of Topliss-reactive ketones (excluding diaryl/α,β-unsaturated/α-hetero) is 1. The quantitative estimate of drug-likeness (QED) is 0.296. The lowest BCUT2D eigenvalue weighted by molar-refractivity contribution is -0.595. The molecule has 2 heterocycles. The molecule has 3 nitrogen and oxygen atoms in total. The normalized spacial score (nSPS) is 15.6. The first-order valence-electron chi connectivity index (χ1n) is 12.1. The minimum atomic E-state index is -0.0471. The second-order valence-corrected chi connectivity index (χ2v) is 9.46. The number of unbranched alkanes of at least 4 members (excludes halogenated alkanes) is 6. The molecule has 1 aromatic carbocycles. The van der Waals surface area contributed by atoms with Gasteiger partial charge in [-0.3, -0.25) is 4.79 Å². The fraction of sp³-hybridized carbons (Fsp3) is 0.500. The summed E-state index contributed by atoms with van der Waals surface area (Å²) in [6.45, 7) is 7.62. The molecule has 1 aromatic heterocycles. The van der Waals surface area contributed by atoms with Crippen molar-refractivity contribution in [2.75, 3.05) is 11.4 Å². The summed E-state index contributed by atoms with van der Waals surface area (Å²) in [6, 6.07) is 14.7. The molecule has 1 aliphatic rings. The van der Waals surface area contributed by atoms with E-state index in [1.807, 2.05) is 18.2 Å². The van der Waals surface area contributed by atoms with Crippen molar-refractivity contribution in [1.82, 2.24) is 0 Å². The van der Waals surface area contributed by atoms with E-state index in [1.54, 1.807) is 0 Å². The molecule has 31 heavy (non-hydrogen) atoms. The number of hydrogen-bond acceptors (Lipinski definition) is 2. The van der Waals surface area contributed by atoms with Gasteiger partial charge in [0.2, 0.25) is 5.69 Å². The summed E-state index contributed by atoms with van der Waals surface area (Å²) in [5.74, 6) is 0.333. The number of hydrogen-bond donors (Lipinski definition) is 0. The Morgan fingerprint density at radius 3 is 2.26 bits per heavy atom. The Bertz CT molecular complexity index is 852. The SMILES string of the molecule is CCCCCCCCCC(=O)C1=CN(c2ccc(-[n+]3ccccc3)cc2)CCC1(C)C. The van der Waals surface area contributed by atoms with Crippen molar-refractivity contribution in [2.45, 2.75) is 78.6 Å². The Labute approximate surface area is 188 Å². The van der Waals surface area contributed by atoms with Crippen LogP contribution in [0.3, 0.4) is 0 Å². The highest BCUT2D eigenvalue weighted by Gasteiger charge is 2.32. The number of anilines is 1. The van der Waals surface area contributed by atoms with Gasteiger partial charge in [-0.2, -0.15) is 4.57 Å². The Balaban J connectivity index is 1.62. The van der Waals surface area contributed by atoms with Gasteiger partial charge in [-0.15, -0.1) is 0 Å². The van der Waals surface area contributed by atoms with Crippen molar-refractivity contribution in [3.8, 4) is 5.69 Å². The zero-order chi connectivity index (χ0) is 22.1. The molecule has 0 unspecified atom stereocenters. The summed E-state index contributed by atoms with van der Waals surface area (Å²) in [5.41, 5.74) is 3.23. The van der Waals surface area contributed by atoms with E-state index < -0.39 is 0 Å². The van der Waals surface area contributed by atoms with Crippen molar-refractivity contribution in [1.29, 1.82) is 0 Å². The number of nitrogens with zero attached hydrogens (tertiary/aromatic N) is 2. The van der Waals surface area contributed by atoms with Crippen LogP contribution in [0.25, 0.3) is 5.69 Å². The van der Waals surface area contributed by atoms with Gasteiger partial charge in [0.15, 0.2) is 18.2 Å². The van der Waals surface area contributed by atoms with E-state index in [0.29, 0.717) is 12.2 Å². The molecule has 2 aromatic rings. The molecule has 166 valence electrons. The first kappa shape index (κ1) is 23.2. The molecule has 0 bridgehead atoms. The van der Waals surface area contributed by atoms with Crippen LogP contribution in [0.1, 0.15) is 78.6 Å². The number of carbonyl (C=O) groups excluding carboxylic acids is 1. The Morgan fingerprint density at radius 2 is 1.58 bits per heavy atom. The van der Waals surface area contributed by atoms with E-state index in [1.165, 1.54) is 38.5 Å². The van der Waals surface area contributed by atoms with E-state index in [9.17, 15) is 4.79 Å². The minimum Gasteiger partial charge on any atom is -0.348 e. The maximum Gasteiger partial charge on any atom is 0.210 e. The van der Waals surface area contributed by atoms with Crippen LogP contribution in [0.15, 0.2) is 66.6 Å². The molecule has 0 saturated carbocycles. The molecule has 0 N–H and O–H groups in total. The molecule has 0 saturated heterocycles. The van der Waals surface area contributed by atoms with Gasteiger partial charge in [-0.1, -0.05) is 65.4 Å². The van der Waals surface area contributed by atoms with Gasteiger partial charge in [0.1, 0.15) is 0 Å². The number of carbonyl (C=O) groups is 1. The molecular formula is C28H39N2O+. The van der Waals surface area contributed by atoms with E-state index in [2.05, 4.69) is 73.1 Å². The van der Waals surface area contributed by atoms with Crippen LogP contribution in [0.5, 0.6) is 0 Å². The van der Waals surface area contributed by atoms with E-state index >= 15 is 0 Å². The Kier molecular flexibility index (Phi) is 8.45. The van der Waals surface area contributed by atoms with Crippen molar-refractivity contribution in [3.63, 3.8) is 0 Å². The molecule has 0 amide bonds. The third-order valence-corrected chi connectivity index (χ3v) is 6.49. The Hall–Kier alpha value is -2.42. The summed E-state index contributed by atoms with van der Waals surface area (Å²) >= 11 is 0. The third kappa shape index (κ3) is 6.53. The zero-order valence-electron chi connectivity index (χ0n) is 19.6. The van der Waals surface area contributed by atoms with Gasteiger partial charge in [0.25, 0.3) is 0 Å². The van der Waals surface area contributed by atoms with E-state index in [4.69, 9.17) is 0 Å². The van der Waals surface area contributed by atoms with Gasteiger partial charge >= 0.3 is 0 Å². The maximum atomic E-state index is 13.1. The van der Waals surface area contributed by atoms with Gasteiger partial charge in [-0.05, 0) is 30.4 Å². The zero-order valence-corrected chi connectivity index (χ0v) is 19.6. The van der Waals surface area contributed by atoms with Crippen LogP contribution in [-0.2, 0) is 4.79 Å². The van der Waals surface area contributed by atoms with Crippen LogP contribution < -0.4 is 9.47 Å². The molecule has 3 rings (SSSR count). The topological polar surface area (TPSA) is 24.2 Å². The lowest BCUT2D eigenvalue weighted by atomic mass is 9.76. The number of benzene rings is 1. The summed E-state index contributed by atoms with van der Waals surface area (Å²) in [6.07, 6.45) is 16.6. The second-order valence-electron chi connectivity index (χ2n) is 9.46. The summed E-state index contributed by atoms with van der Waals surface area (Å²) in [5, 5.41) is 0. The first-order chi connectivity index (χ1) is 15.0. The second kappa shape index (κ2) is 11.3. The molecule has 0 aliphatic carbocycles. The number of rotatable bonds is 11. The van der Waals surface area contributed by atoms with Gasteiger partial charge in [0.05, 0.1) is 0 Å². The van der Waals surface area contributed by atoms with Crippen molar-refractivity contribution < 1.29 is 9.36 Å². The fourth-order valence-corrected chi connectivity index (χ4v) is 4.35. The number of ketones is 1. The predicted molar refractivity (Wildman–Crippen MR) is 129 cm³/mol. The van der Waals surface area contributed by atoms with Gasteiger partial charge < -0.3 is 4.90 Å². The molecule has 0 fully saturated rings. The smallest absolute Gasteiger partial charge is 0.210 e. The summed E-state index contributed by atoms with van der Waals surface area (Å²) < 4.78 is 2.11. The van der Waals surface area contributed by atoms with Gasteiger partial charge in [0, 0.05) is 54.7 Å². The van der Waals surface area contributed by atoms with Crippen LogP contribution >= 0.6 is 0 Å². The summed E-state index contributed by atoms with van der Waals surface area (Å²) in [7, 11) is 0. The lowest BCUT2D eigenvalue weighted by Crippen LogP contribution is -2.35. The monoisotopic (exact) mass is 419 g/mol. The van der Waals surface area contributed by atoms with Crippen molar-refractivity contribution >= 4 is 11.5 Å². The van der Waals surface area contributed by atoms with Crippen LogP contribution in [0.2, 0.25) is 0 Å². The summed E-state index contributed by atoms with van der Waals surface area (Å²) in [4.78, 5) is 15.3. The minimum absolute atomic E-state index is 0.0471. The van der Waals surface area contributed by atoms with Crippen LogP contribution in [-0.4, -0.2) is 12.3 Å². The highest BCUT2D eigenvalue weighted by molar-refractivity contribution is 5.97. The third-order valence-electron chi connectivity index (χ3n) is 6.49. The largest absolute Gasteiger partial charge is 0.348 e. The molecule has 1 aliphatic heterocycles. The van der Waals surface area contributed by atoms with E-state index in [-0.39, 0.29) is 5.41 Å². The molecule has 0 atom stereocenters. The van der Waals surface area contributed by atoms with Crippen molar-refractivity contribution in [2.24, 2.45) is 5.41 Å². The highest BCUT2D eigenvalue weighted by atomic mass is 16.1. The lowest BCUT2D eigenvalue weighted by Gasteiger charge is -2.37. The average molecular weight is 420 g/mol. The molecule has 0 spiro atoms.